The lowest BCUT2D eigenvalue weighted by Crippen LogP contribution is -1.99. The number of rotatable bonds is 4. The van der Waals surface area contributed by atoms with Gasteiger partial charge in [-0.25, -0.2) is 0 Å². The largest absolute Gasteiger partial charge is 0.382 e. The summed E-state index contributed by atoms with van der Waals surface area (Å²) in [5.74, 6) is 0. The van der Waals surface area contributed by atoms with Gasteiger partial charge < -0.3 is 5.11 Å². The van der Waals surface area contributed by atoms with Gasteiger partial charge in [-0.05, 0) is 6.42 Å². The van der Waals surface area contributed by atoms with Gasteiger partial charge in [0.2, 0.25) is 0 Å². The summed E-state index contributed by atoms with van der Waals surface area (Å²) in [6, 6.07) is 0. The molecule has 0 spiro atoms. The molecule has 0 saturated carbocycles. The van der Waals surface area contributed by atoms with Crippen LogP contribution in [-0.4, -0.2) is 23.6 Å². The summed E-state index contributed by atoms with van der Waals surface area (Å²) >= 11 is 1.09. The molecule has 2 heterocycles. The molecule has 0 amide bonds. The van der Waals surface area contributed by atoms with E-state index in [2.05, 4.69) is 20.8 Å². The summed E-state index contributed by atoms with van der Waals surface area (Å²) in [6.07, 6.45) is 5.39. The molecule has 0 fully saturated rings. The number of aliphatic hydroxyl groups is 1. The number of aliphatic hydroxyl groups excluding tert-OH is 1. The van der Waals surface area contributed by atoms with Crippen LogP contribution in [0.15, 0.2) is 18.6 Å². The van der Waals surface area contributed by atoms with Gasteiger partial charge >= 0.3 is 0 Å². The quantitative estimate of drug-likeness (QED) is 0.848. The second kappa shape index (κ2) is 4.50. The highest BCUT2D eigenvalue weighted by atomic mass is 32.1. The zero-order valence-electron chi connectivity index (χ0n) is 8.37. The summed E-state index contributed by atoms with van der Waals surface area (Å²) in [4.78, 5) is 0. The lowest BCUT2D eigenvalue weighted by Gasteiger charge is -2.02. The first-order valence-corrected chi connectivity index (χ1v) is 5.52. The molecule has 2 aromatic heterocycles. The topological polar surface area (TPSA) is 63.8 Å². The maximum Gasteiger partial charge on any atom is 0.127 e. The maximum absolute atomic E-state index is 9.91. The standard InChI is InChI=1S/C9H12N4OS/c1-2-3-13-6-7(4-10-13)9(14)8-5-11-15-12-8/h4-6,9,14H,2-3H2,1H3. The lowest BCUT2D eigenvalue weighted by molar-refractivity contribution is 0.216. The average molecular weight is 224 g/mol. The number of aromatic nitrogens is 4. The molecule has 1 N–H and O–H groups in total. The second-order valence-electron chi connectivity index (χ2n) is 3.27. The summed E-state index contributed by atoms with van der Waals surface area (Å²) in [7, 11) is 0. The number of aryl methyl sites for hydroxylation is 1. The van der Waals surface area contributed by atoms with Gasteiger partial charge in [0.1, 0.15) is 11.8 Å². The molecule has 0 aliphatic rings. The average Bonchev–Trinajstić information content (AvgIpc) is 2.87. The Balaban J connectivity index is 2.15. The van der Waals surface area contributed by atoms with Crippen molar-refractivity contribution in [3.8, 4) is 0 Å². The fourth-order valence-electron chi connectivity index (χ4n) is 1.34. The summed E-state index contributed by atoms with van der Waals surface area (Å²) < 4.78 is 9.66. The van der Waals surface area contributed by atoms with Gasteiger partial charge in [-0.1, -0.05) is 6.92 Å². The highest BCUT2D eigenvalue weighted by Crippen LogP contribution is 2.19. The van der Waals surface area contributed by atoms with Gasteiger partial charge in [-0.2, -0.15) is 13.8 Å². The molecule has 5 nitrogen and oxygen atoms in total. The Morgan fingerprint density at radius 3 is 3.07 bits per heavy atom. The van der Waals surface area contributed by atoms with Crippen LogP contribution in [0.25, 0.3) is 0 Å². The third-order valence-corrected chi connectivity index (χ3v) is 2.57. The third kappa shape index (κ3) is 2.21. The Hall–Kier alpha value is -1.27. The molecular formula is C9H12N4OS. The molecule has 0 saturated heterocycles. The van der Waals surface area contributed by atoms with Gasteiger partial charge in [-0.3, -0.25) is 4.68 Å². The van der Waals surface area contributed by atoms with E-state index < -0.39 is 6.10 Å². The molecule has 0 aliphatic heterocycles. The van der Waals surface area contributed by atoms with E-state index in [9.17, 15) is 5.11 Å². The van der Waals surface area contributed by atoms with Crippen LogP contribution in [0.3, 0.4) is 0 Å². The van der Waals surface area contributed by atoms with Crippen molar-refractivity contribution in [2.75, 3.05) is 0 Å². The van der Waals surface area contributed by atoms with Crippen molar-refractivity contribution in [2.45, 2.75) is 26.0 Å². The smallest absolute Gasteiger partial charge is 0.127 e. The van der Waals surface area contributed by atoms with Crippen LogP contribution in [0.4, 0.5) is 0 Å². The summed E-state index contributed by atoms with van der Waals surface area (Å²) in [5, 5.41) is 14.1. The van der Waals surface area contributed by atoms with Gasteiger partial charge in [0, 0.05) is 18.3 Å². The fourth-order valence-corrected chi connectivity index (χ4v) is 1.78. The SMILES string of the molecule is CCCn1cc(C(O)c2cnsn2)cn1. The van der Waals surface area contributed by atoms with Crippen molar-refractivity contribution in [2.24, 2.45) is 0 Å². The minimum Gasteiger partial charge on any atom is -0.382 e. The highest BCUT2D eigenvalue weighted by Gasteiger charge is 2.14. The van der Waals surface area contributed by atoms with E-state index in [1.165, 1.54) is 0 Å². The van der Waals surface area contributed by atoms with Gasteiger partial charge in [-0.15, -0.1) is 0 Å². The highest BCUT2D eigenvalue weighted by molar-refractivity contribution is 6.99. The Bertz CT molecular complexity index is 411. The van der Waals surface area contributed by atoms with Crippen molar-refractivity contribution >= 4 is 11.7 Å². The van der Waals surface area contributed by atoms with E-state index in [-0.39, 0.29) is 0 Å². The number of hydrogen-bond acceptors (Lipinski definition) is 5. The monoisotopic (exact) mass is 224 g/mol. The molecule has 1 atom stereocenters. The van der Waals surface area contributed by atoms with E-state index in [4.69, 9.17) is 0 Å². The van der Waals surface area contributed by atoms with Gasteiger partial charge in [0.05, 0.1) is 24.1 Å². The predicted molar refractivity (Wildman–Crippen MR) is 56.5 cm³/mol. The molecule has 0 bridgehead atoms. The first kappa shape index (κ1) is 10.3. The van der Waals surface area contributed by atoms with Crippen LogP contribution in [0.2, 0.25) is 0 Å². The second-order valence-corrected chi connectivity index (χ2v) is 3.83. The molecule has 80 valence electrons. The van der Waals surface area contributed by atoms with Crippen LogP contribution >= 0.6 is 11.7 Å². The molecule has 2 aromatic rings. The zero-order valence-corrected chi connectivity index (χ0v) is 9.18. The molecule has 6 heteroatoms. The summed E-state index contributed by atoms with van der Waals surface area (Å²) in [5.41, 5.74) is 1.34. The van der Waals surface area contributed by atoms with Gasteiger partial charge in [0.25, 0.3) is 0 Å². The van der Waals surface area contributed by atoms with Gasteiger partial charge in [0.15, 0.2) is 0 Å². The van der Waals surface area contributed by atoms with Crippen molar-refractivity contribution in [3.05, 3.63) is 29.8 Å². The number of hydrogen-bond donors (Lipinski definition) is 1. The maximum atomic E-state index is 9.91. The van der Waals surface area contributed by atoms with Crippen LogP contribution in [0.1, 0.15) is 30.7 Å². The lowest BCUT2D eigenvalue weighted by atomic mass is 10.1. The van der Waals surface area contributed by atoms with Crippen LogP contribution < -0.4 is 0 Å². The Kier molecular flexibility index (Phi) is 3.08. The minimum atomic E-state index is -0.714. The molecule has 0 radical (unpaired) electrons. The molecule has 0 aliphatic carbocycles. The third-order valence-electron chi connectivity index (χ3n) is 2.08. The Morgan fingerprint density at radius 2 is 2.40 bits per heavy atom. The first-order chi connectivity index (χ1) is 7.31. The van der Waals surface area contributed by atoms with Crippen molar-refractivity contribution in [1.82, 2.24) is 18.5 Å². The van der Waals surface area contributed by atoms with Crippen molar-refractivity contribution in [3.63, 3.8) is 0 Å². The van der Waals surface area contributed by atoms with Crippen molar-refractivity contribution < 1.29 is 5.11 Å². The van der Waals surface area contributed by atoms with E-state index in [0.29, 0.717) is 5.69 Å². The molecular weight excluding hydrogens is 212 g/mol. The fraction of sp³-hybridized carbons (Fsp3) is 0.444. The van der Waals surface area contributed by atoms with Crippen LogP contribution in [-0.2, 0) is 6.54 Å². The molecule has 15 heavy (non-hydrogen) atoms. The Labute approximate surface area is 91.7 Å². The first-order valence-electron chi connectivity index (χ1n) is 4.79. The minimum absolute atomic E-state index is 0.580. The molecule has 1 unspecified atom stereocenters. The summed E-state index contributed by atoms with van der Waals surface area (Å²) in [6.45, 7) is 2.95. The predicted octanol–water partition coefficient (Wildman–Crippen LogP) is 1.23. The van der Waals surface area contributed by atoms with Crippen molar-refractivity contribution in [1.29, 1.82) is 0 Å². The number of nitrogens with zero attached hydrogens (tertiary/aromatic N) is 4. The zero-order chi connectivity index (χ0) is 10.7. The van der Waals surface area contributed by atoms with Crippen LogP contribution in [0.5, 0.6) is 0 Å². The van der Waals surface area contributed by atoms with E-state index in [1.54, 1.807) is 12.4 Å². The molecule has 0 aromatic carbocycles. The van der Waals surface area contributed by atoms with E-state index in [0.717, 1.165) is 30.3 Å². The Morgan fingerprint density at radius 1 is 1.53 bits per heavy atom. The van der Waals surface area contributed by atoms with Crippen LogP contribution in [0, 0.1) is 0 Å². The normalized spacial score (nSPS) is 12.9. The van der Waals surface area contributed by atoms with E-state index in [1.807, 2.05) is 10.9 Å². The van der Waals surface area contributed by atoms with E-state index >= 15 is 0 Å². The molecule has 2 rings (SSSR count).